The van der Waals surface area contributed by atoms with Gasteiger partial charge >= 0.3 is 0 Å². The number of anilines is 1. The molecule has 0 radical (unpaired) electrons. The van der Waals surface area contributed by atoms with E-state index >= 15 is 0 Å². The molecule has 0 bridgehead atoms. The topological polar surface area (TPSA) is 84.9 Å². The molecule has 1 N–H and O–H groups in total. The van der Waals surface area contributed by atoms with Crippen LogP contribution in [0.1, 0.15) is 22.0 Å². The van der Waals surface area contributed by atoms with Gasteiger partial charge in [-0.3, -0.25) is 9.52 Å². The Labute approximate surface area is 236 Å². The smallest absolute Gasteiger partial charge is 0.261 e. The quantitative estimate of drug-likeness (QED) is 0.259. The van der Waals surface area contributed by atoms with Crippen molar-refractivity contribution in [3.8, 4) is 11.5 Å². The predicted octanol–water partition coefficient (Wildman–Crippen LogP) is 6.80. The van der Waals surface area contributed by atoms with E-state index in [1.54, 1.807) is 29.2 Å². The standard InChI is InChI=1S/C29H24Cl2N2O5S/c30-21-10-15-26(24(18-21)29(34)33-16-17-37-28(19-33)20-6-2-1-3-7-20)32-39(35,36)23-13-11-22(12-14-23)38-27-9-5-4-8-25(27)31/h1-15,18,28,32H,16-17,19H2/t28-/m1/s1. The largest absolute Gasteiger partial charge is 0.456 e. The summed E-state index contributed by atoms with van der Waals surface area (Å²) >= 11 is 12.3. The highest BCUT2D eigenvalue weighted by atomic mass is 35.5. The average molecular weight is 583 g/mol. The van der Waals surface area contributed by atoms with Crippen LogP contribution >= 0.6 is 23.2 Å². The highest BCUT2D eigenvalue weighted by Gasteiger charge is 2.28. The molecule has 7 nitrogen and oxygen atoms in total. The predicted molar refractivity (Wildman–Crippen MR) is 151 cm³/mol. The van der Waals surface area contributed by atoms with Crippen LogP contribution in [0.2, 0.25) is 10.0 Å². The van der Waals surface area contributed by atoms with Gasteiger partial charge in [-0.05, 0) is 60.2 Å². The number of benzene rings is 4. The molecule has 39 heavy (non-hydrogen) atoms. The maximum Gasteiger partial charge on any atom is 0.261 e. The van der Waals surface area contributed by atoms with E-state index in [0.717, 1.165) is 5.56 Å². The van der Waals surface area contributed by atoms with E-state index in [4.69, 9.17) is 32.7 Å². The second kappa shape index (κ2) is 11.7. The molecule has 0 spiro atoms. The maximum absolute atomic E-state index is 13.6. The molecule has 0 aliphatic carbocycles. The van der Waals surface area contributed by atoms with Crippen molar-refractivity contribution in [1.29, 1.82) is 0 Å². The number of halogens is 2. The molecule has 1 fully saturated rings. The highest BCUT2D eigenvalue weighted by Crippen LogP contribution is 2.31. The number of ether oxygens (including phenoxy) is 2. The number of nitrogens with one attached hydrogen (secondary N) is 1. The fraction of sp³-hybridized carbons (Fsp3) is 0.138. The molecule has 4 aromatic rings. The zero-order chi connectivity index (χ0) is 27.4. The third-order valence-corrected chi connectivity index (χ3v) is 8.11. The minimum Gasteiger partial charge on any atom is -0.456 e. The Balaban J connectivity index is 1.34. The van der Waals surface area contributed by atoms with E-state index in [-0.39, 0.29) is 28.2 Å². The van der Waals surface area contributed by atoms with Gasteiger partial charge in [0.15, 0.2) is 0 Å². The van der Waals surface area contributed by atoms with Gasteiger partial charge in [0.1, 0.15) is 17.6 Å². The summed E-state index contributed by atoms with van der Waals surface area (Å²) in [5.74, 6) is 0.530. The summed E-state index contributed by atoms with van der Waals surface area (Å²) in [4.78, 5) is 15.2. The number of para-hydroxylation sites is 1. The molecule has 4 aromatic carbocycles. The normalized spacial score (nSPS) is 15.5. The molecule has 0 saturated carbocycles. The maximum atomic E-state index is 13.6. The lowest BCUT2D eigenvalue weighted by Crippen LogP contribution is -2.42. The summed E-state index contributed by atoms with van der Waals surface area (Å²) in [6.07, 6.45) is -0.283. The third-order valence-electron chi connectivity index (χ3n) is 6.18. The summed E-state index contributed by atoms with van der Waals surface area (Å²) in [5.41, 5.74) is 1.24. The molecule has 1 aliphatic rings. The molecule has 1 saturated heterocycles. The van der Waals surface area contributed by atoms with Gasteiger partial charge in [-0.25, -0.2) is 8.42 Å². The van der Waals surface area contributed by atoms with Crippen LogP contribution < -0.4 is 9.46 Å². The van der Waals surface area contributed by atoms with Gasteiger partial charge in [0, 0.05) is 11.6 Å². The van der Waals surface area contributed by atoms with Crippen LogP contribution in [0.15, 0.2) is 102 Å². The molecule has 1 atom stereocenters. The minimum atomic E-state index is -4.03. The second-order valence-electron chi connectivity index (χ2n) is 8.82. The Morgan fingerprint density at radius 2 is 1.64 bits per heavy atom. The average Bonchev–Trinajstić information content (AvgIpc) is 2.95. The van der Waals surface area contributed by atoms with Gasteiger partial charge in [0.05, 0.1) is 34.3 Å². The van der Waals surface area contributed by atoms with Crippen molar-refractivity contribution < 1.29 is 22.7 Å². The Hall–Kier alpha value is -3.56. The molecular formula is C29H24Cl2N2O5S. The van der Waals surface area contributed by atoms with Crippen LogP contribution in [-0.2, 0) is 14.8 Å². The molecule has 1 amide bonds. The van der Waals surface area contributed by atoms with Gasteiger partial charge in [-0.1, -0.05) is 65.7 Å². The van der Waals surface area contributed by atoms with Crippen LogP contribution in [0.5, 0.6) is 11.5 Å². The number of hydrogen-bond acceptors (Lipinski definition) is 5. The molecular weight excluding hydrogens is 559 g/mol. The molecule has 0 aromatic heterocycles. The van der Waals surface area contributed by atoms with E-state index in [1.165, 1.54) is 42.5 Å². The van der Waals surface area contributed by atoms with Crippen molar-refractivity contribution in [3.05, 3.63) is 118 Å². The Kier molecular flexibility index (Phi) is 8.09. The zero-order valence-corrected chi connectivity index (χ0v) is 22.9. The van der Waals surface area contributed by atoms with Crippen LogP contribution in [0.25, 0.3) is 0 Å². The first-order chi connectivity index (χ1) is 18.8. The van der Waals surface area contributed by atoms with E-state index in [1.807, 2.05) is 30.3 Å². The van der Waals surface area contributed by atoms with Gasteiger partial charge < -0.3 is 14.4 Å². The number of carbonyl (C=O) groups excluding carboxylic acids is 1. The third kappa shape index (κ3) is 6.37. The first-order valence-corrected chi connectivity index (χ1v) is 14.3. The number of rotatable bonds is 7. The first-order valence-electron chi connectivity index (χ1n) is 12.1. The lowest BCUT2D eigenvalue weighted by atomic mass is 10.1. The van der Waals surface area contributed by atoms with E-state index < -0.39 is 10.0 Å². The number of amides is 1. The minimum absolute atomic E-state index is 0.00197. The van der Waals surface area contributed by atoms with E-state index in [0.29, 0.717) is 41.2 Å². The SMILES string of the molecule is O=C(c1cc(Cl)ccc1NS(=O)(=O)c1ccc(Oc2ccccc2Cl)cc1)N1CCO[C@@H](c2ccccc2)C1. The van der Waals surface area contributed by atoms with Gasteiger partial charge in [0.2, 0.25) is 0 Å². The first kappa shape index (κ1) is 27.0. The second-order valence-corrected chi connectivity index (χ2v) is 11.3. The zero-order valence-electron chi connectivity index (χ0n) is 20.6. The lowest BCUT2D eigenvalue weighted by Gasteiger charge is -2.33. The number of sulfonamides is 1. The van der Waals surface area contributed by atoms with Crippen molar-refractivity contribution in [2.24, 2.45) is 0 Å². The fourth-order valence-electron chi connectivity index (χ4n) is 4.20. The molecule has 1 heterocycles. The van der Waals surface area contributed by atoms with Crippen molar-refractivity contribution in [3.63, 3.8) is 0 Å². The summed E-state index contributed by atoms with van der Waals surface area (Å²) in [7, 11) is -4.03. The molecule has 10 heteroatoms. The van der Waals surface area contributed by atoms with Crippen molar-refractivity contribution >= 4 is 44.8 Å². The van der Waals surface area contributed by atoms with Crippen molar-refractivity contribution in [1.82, 2.24) is 4.90 Å². The van der Waals surface area contributed by atoms with Crippen LogP contribution in [0.4, 0.5) is 5.69 Å². The number of hydrogen-bond donors (Lipinski definition) is 1. The van der Waals surface area contributed by atoms with Crippen LogP contribution in [0.3, 0.4) is 0 Å². The Morgan fingerprint density at radius 1 is 0.923 bits per heavy atom. The summed E-state index contributed by atoms with van der Waals surface area (Å²) in [6.45, 7) is 1.05. The van der Waals surface area contributed by atoms with E-state index in [9.17, 15) is 13.2 Å². The van der Waals surface area contributed by atoms with Gasteiger partial charge in [-0.2, -0.15) is 0 Å². The molecule has 0 unspecified atom stereocenters. The monoisotopic (exact) mass is 582 g/mol. The van der Waals surface area contributed by atoms with E-state index in [2.05, 4.69) is 4.72 Å². The summed E-state index contributed by atoms with van der Waals surface area (Å²) in [5, 5.41) is 0.751. The van der Waals surface area contributed by atoms with Crippen molar-refractivity contribution in [2.45, 2.75) is 11.0 Å². The summed E-state index contributed by atoms with van der Waals surface area (Å²) in [6, 6.07) is 27.0. The Bertz CT molecular complexity index is 1580. The summed E-state index contributed by atoms with van der Waals surface area (Å²) < 4.78 is 40.7. The molecule has 1 aliphatic heterocycles. The Morgan fingerprint density at radius 3 is 2.38 bits per heavy atom. The van der Waals surface area contributed by atoms with Gasteiger partial charge in [-0.15, -0.1) is 0 Å². The number of morpholine rings is 1. The van der Waals surface area contributed by atoms with Crippen LogP contribution in [0, 0.1) is 0 Å². The lowest BCUT2D eigenvalue weighted by molar-refractivity contribution is -0.0227. The molecule has 200 valence electrons. The number of carbonyl (C=O) groups is 1. The van der Waals surface area contributed by atoms with Crippen LogP contribution in [-0.4, -0.2) is 38.9 Å². The molecule has 5 rings (SSSR count). The van der Waals surface area contributed by atoms with Gasteiger partial charge in [0.25, 0.3) is 15.9 Å². The number of nitrogens with zero attached hydrogens (tertiary/aromatic N) is 1. The van der Waals surface area contributed by atoms with Crippen molar-refractivity contribution in [2.75, 3.05) is 24.4 Å². The highest BCUT2D eigenvalue weighted by molar-refractivity contribution is 7.92. The fourth-order valence-corrected chi connectivity index (χ4v) is 5.63.